The predicted molar refractivity (Wildman–Crippen MR) is 140 cm³/mol. The fourth-order valence-corrected chi connectivity index (χ4v) is 6.55. The highest BCUT2D eigenvalue weighted by molar-refractivity contribution is 5.69. The van der Waals surface area contributed by atoms with Crippen LogP contribution in [-0.2, 0) is 22.4 Å². The van der Waals surface area contributed by atoms with Gasteiger partial charge in [0.15, 0.2) is 0 Å². The van der Waals surface area contributed by atoms with Gasteiger partial charge in [0.2, 0.25) is 0 Å². The monoisotopic (exact) mass is 461 g/mol. The molecule has 0 aliphatic heterocycles. The summed E-state index contributed by atoms with van der Waals surface area (Å²) in [7, 11) is 0. The first-order chi connectivity index (χ1) is 16.7. The molecule has 2 aliphatic rings. The van der Waals surface area contributed by atoms with Gasteiger partial charge >= 0.3 is 5.97 Å². The minimum atomic E-state index is 0.00105. The molecule has 0 radical (unpaired) electrons. The molecule has 0 bridgehead atoms. The molecule has 0 saturated heterocycles. The van der Waals surface area contributed by atoms with Crippen LogP contribution in [0, 0.1) is 17.8 Å². The molecule has 0 N–H and O–H groups in total. The number of rotatable bonds is 11. The summed E-state index contributed by atoms with van der Waals surface area (Å²) in [4.78, 5) is 15.1. The summed E-state index contributed by atoms with van der Waals surface area (Å²) >= 11 is 0. The van der Waals surface area contributed by atoms with Crippen molar-refractivity contribution in [3.8, 4) is 0 Å². The Hall–Kier alpha value is -2.13. The first-order valence-corrected chi connectivity index (χ1v) is 13.7. The van der Waals surface area contributed by atoms with Gasteiger partial charge < -0.3 is 4.74 Å². The standard InChI is InChI=1S/C31H43NO2/c1-2-34-31(33)24-27-17-18-30(29(23-27)28-15-9-10-16-28)32(21-19-25-11-5-3-6-12-25)22-20-26-13-7-4-8-14-26/h3-8,11-14,27-30H,2,9-10,15-24H2,1H3/t27-,29+,30-/m1/s1. The Morgan fingerprint density at radius 2 is 1.44 bits per heavy atom. The number of carbonyl (C=O) groups excluding carboxylic acids is 1. The molecule has 0 heterocycles. The lowest BCUT2D eigenvalue weighted by atomic mass is 9.70. The van der Waals surface area contributed by atoms with Crippen molar-refractivity contribution in [1.29, 1.82) is 0 Å². The second-order valence-electron chi connectivity index (χ2n) is 10.5. The van der Waals surface area contributed by atoms with E-state index in [2.05, 4.69) is 65.6 Å². The maximum absolute atomic E-state index is 12.2. The quantitative estimate of drug-likeness (QED) is 0.349. The van der Waals surface area contributed by atoms with Gasteiger partial charge in [0.25, 0.3) is 0 Å². The minimum absolute atomic E-state index is 0.00105. The molecule has 3 atom stereocenters. The number of carbonyl (C=O) groups is 1. The third kappa shape index (κ3) is 7.18. The van der Waals surface area contributed by atoms with Gasteiger partial charge in [-0.15, -0.1) is 0 Å². The lowest BCUT2D eigenvalue weighted by molar-refractivity contribution is -0.144. The Morgan fingerprint density at radius 3 is 2.00 bits per heavy atom. The van der Waals surface area contributed by atoms with Crippen LogP contribution in [0.2, 0.25) is 0 Å². The summed E-state index contributed by atoms with van der Waals surface area (Å²) in [5.41, 5.74) is 2.86. The van der Waals surface area contributed by atoms with E-state index >= 15 is 0 Å². The van der Waals surface area contributed by atoms with Crippen LogP contribution in [0.15, 0.2) is 60.7 Å². The Labute approximate surface area is 206 Å². The molecule has 2 aliphatic carbocycles. The van der Waals surface area contributed by atoms with Gasteiger partial charge in [0.05, 0.1) is 6.61 Å². The molecule has 4 rings (SSSR count). The number of nitrogens with zero attached hydrogens (tertiary/aromatic N) is 1. The second-order valence-corrected chi connectivity index (χ2v) is 10.5. The summed E-state index contributed by atoms with van der Waals surface area (Å²) in [6.07, 6.45) is 11.9. The van der Waals surface area contributed by atoms with E-state index in [1.165, 1.54) is 49.7 Å². The van der Waals surface area contributed by atoms with Crippen LogP contribution in [0.4, 0.5) is 0 Å². The van der Waals surface area contributed by atoms with Crippen LogP contribution >= 0.6 is 0 Å². The van der Waals surface area contributed by atoms with Crippen molar-refractivity contribution in [3.63, 3.8) is 0 Å². The number of esters is 1. The van der Waals surface area contributed by atoms with Crippen molar-refractivity contribution < 1.29 is 9.53 Å². The Bertz CT molecular complexity index is 803. The Morgan fingerprint density at radius 1 is 0.853 bits per heavy atom. The van der Waals surface area contributed by atoms with Gasteiger partial charge in [0, 0.05) is 25.6 Å². The van der Waals surface area contributed by atoms with E-state index in [9.17, 15) is 4.79 Å². The van der Waals surface area contributed by atoms with Crippen molar-refractivity contribution in [2.24, 2.45) is 17.8 Å². The van der Waals surface area contributed by atoms with Gasteiger partial charge in [-0.25, -0.2) is 0 Å². The van der Waals surface area contributed by atoms with Crippen molar-refractivity contribution in [1.82, 2.24) is 4.90 Å². The second kappa shape index (κ2) is 13.1. The third-order valence-electron chi connectivity index (χ3n) is 8.27. The summed E-state index contributed by atoms with van der Waals surface area (Å²) < 4.78 is 5.31. The van der Waals surface area contributed by atoms with E-state index < -0.39 is 0 Å². The molecule has 0 aromatic heterocycles. The fraction of sp³-hybridized carbons (Fsp3) is 0.581. The number of benzene rings is 2. The molecule has 0 amide bonds. The summed E-state index contributed by atoms with van der Waals surface area (Å²) in [6, 6.07) is 22.5. The summed E-state index contributed by atoms with van der Waals surface area (Å²) in [5.74, 6) is 2.03. The van der Waals surface area contributed by atoms with Crippen LogP contribution in [-0.4, -0.2) is 36.6 Å². The largest absolute Gasteiger partial charge is 0.466 e. The molecule has 3 nitrogen and oxygen atoms in total. The number of ether oxygens (including phenoxy) is 1. The summed E-state index contributed by atoms with van der Waals surface area (Å²) in [6.45, 7) is 4.64. The highest BCUT2D eigenvalue weighted by Crippen LogP contribution is 2.44. The maximum Gasteiger partial charge on any atom is 0.306 e. The average Bonchev–Trinajstić information content (AvgIpc) is 3.41. The topological polar surface area (TPSA) is 29.5 Å². The molecule has 2 aromatic carbocycles. The Balaban J connectivity index is 1.48. The molecule has 0 unspecified atom stereocenters. The van der Waals surface area contributed by atoms with Gasteiger partial charge in [-0.1, -0.05) is 86.3 Å². The smallest absolute Gasteiger partial charge is 0.306 e. The van der Waals surface area contributed by atoms with Crippen molar-refractivity contribution in [2.75, 3.05) is 19.7 Å². The molecule has 184 valence electrons. The van der Waals surface area contributed by atoms with Crippen LogP contribution in [0.1, 0.15) is 69.4 Å². The van der Waals surface area contributed by atoms with E-state index in [1.807, 2.05) is 6.92 Å². The molecule has 3 heteroatoms. The SMILES string of the molecule is CCOC(=O)C[C@@H]1CC[C@@H](N(CCc2ccccc2)CCc2ccccc2)[C@H](C2CCCC2)C1. The normalized spacial score (nSPS) is 23.3. The first kappa shape index (κ1) is 25.0. The summed E-state index contributed by atoms with van der Waals surface area (Å²) in [5, 5.41) is 0. The highest BCUT2D eigenvalue weighted by atomic mass is 16.5. The van der Waals surface area contributed by atoms with Crippen LogP contribution in [0.25, 0.3) is 0 Å². The van der Waals surface area contributed by atoms with Gasteiger partial charge in [-0.05, 0) is 67.9 Å². The van der Waals surface area contributed by atoms with E-state index in [1.54, 1.807) is 0 Å². The third-order valence-corrected chi connectivity index (χ3v) is 8.27. The van der Waals surface area contributed by atoms with E-state index in [0.29, 0.717) is 30.9 Å². The molecule has 2 fully saturated rings. The fourth-order valence-electron chi connectivity index (χ4n) is 6.55. The zero-order chi connectivity index (χ0) is 23.6. The molecular formula is C31H43NO2. The minimum Gasteiger partial charge on any atom is -0.466 e. The molecule has 2 aromatic rings. The van der Waals surface area contributed by atoms with Gasteiger partial charge in [0.1, 0.15) is 0 Å². The van der Waals surface area contributed by atoms with E-state index in [4.69, 9.17) is 4.74 Å². The Kier molecular flexibility index (Phi) is 9.62. The molecule has 0 spiro atoms. The van der Waals surface area contributed by atoms with Crippen molar-refractivity contribution in [3.05, 3.63) is 71.8 Å². The number of hydrogen-bond donors (Lipinski definition) is 0. The van der Waals surface area contributed by atoms with E-state index in [0.717, 1.165) is 38.3 Å². The van der Waals surface area contributed by atoms with Crippen molar-refractivity contribution >= 4 is 5.97 Å². The van der Waals surface area contributed by atoms with Gasteiger partial charge in [-0.2, -0.15) is 0 Å². The molecular weight excluding hydrogens is 418 g/mol. The van der Waals surface area contributed by atoms with E-state index in [-0.39, 0.29) is 5.97 Å². The maximum atomic E-state index is 12.2. The van der Waals surface area contributed by atoms with Crippen LogP contribution < -0.4 is 0 Å². The van der Waals surface area contributed by atoms with Gasteiger partial charge in [-0.3, -0.25) is 9.69 Å². The predicted octanol–water partition coefficient (Wildman–Crippen LogP) is 6.70. The first-order valence-electron chi connectivity index (χ1n) is 13.7. The zero-order valence-corrected chi connectivity index (χ0v) is 21.0. The number of hydrogen-bond acceptors (Lipinski definition) is 3. The zero-order valence-electron chi connectivity index (χ0n) is 21.0. The van der Waals surface area contributed by atoms with Crippen LogP contribution in [0.3, 0.4) is 0 Å². The molecule has 2 saturated carbocycles. The molecule has 34 heavy (non-hydrogen) atoms. The lowest BCUT2D eigenvalue weighted by Crippen LogP contribution is -2.48. The van der Waals surface area contributed by atoms with Crippen LogP contribution in [0.5, 0.6) is 0 Å². The van der Waals surface area contributed by atoms with Crippen molar-refractivity contribution in [2.45, 2.75) is 77.2 Å². The average molecular weight is 462 g/mol. The lowest BCUT2D eigenvalue weighted by Gasteiger charge is -2.45. The highest BCUT2D eigenvalue weighted by Gasteiger charge is 2.39.